The Bertz CT molecular complexity index is 925. The Kier molecular flexibility index (Phi) is 4.44. The maximum Gasteiger partial charge on any atom is 0.227 e. The third kappa shape index (κ3) is 3.47. The summed E-state index contributed by atoms with van der Waals surface area (Å²) in [6.07, 6.45) is 1.02. The van der Waals surface area contributed by atoms with Crippen molar-refractivity contribution in [2.45, 2.75) is 19.9 Å². The van der Waals surface area contributed by atoms with E-state index in [0.29, 0.717) is 0 Å². The van der Waals surface area contributed by atoms with E-state index in [1.165, 1.54) is 11.1 Å². The Morgan fingerprint density at radius 1 is 1.00 bits per heavy atom. The predicted octanol–water partition coefficient (Wildman–Crippen LogP) is 4.10. The Balaban J connectivity index is 1.58. The number of hydrogen-bond acceptors (Lipinski definition) is 5. The van der Waals surface area contributed by atoms with Crippen LogP contribution in [0.4, 0.5) is 17.5 Å². The zero-order chi connectivity index (χ0) is 17.9. The van der Waals surface area contributed by atoms with Gasteiger partial charge in [-0.2, -0.15) is 4.98 Å². The third-order valence-electron chi connectivity index (χ3n) is 4.60. The van der Waals surface area contributed by atoms with Crippen LogP contribution in [0.5, 0.6) is 5.75 Å². The van der Waals surface area contributed by atoms with Gasteiger partial charge in [0.25, 0.3) is 0 Å². The van der Waals surface area contributed by atoms with Gasteiger partial charge in [0.1, 0.15) is 11.6 Å². The first-order chi connectivity index (χ1) is 12.7. The summed E-state index contributed by atoms with van der Waals surface area (Å²) in [5, 5.41) is 3.36. The van der Waals surface area contributed by atoms with Gasteiger partial charge in [0.15, 0.2) is 0 Å². The lowest BCUT2D eigenvalue weighted by molar-refractivity contribution is 0.415. The molecule has 0 saturated heterocycles. The highest BCUT2D eigenvalue weighted by Gasteiger charge is 2.18. The number of ether oxygens (including phenoxy) is 1. The van der Waals surface area contributed by atoms with Gasteiger partial charge in [0, 0.05) is 36.6 Å². The van der Waals surface area contributed by atoms with Crippen LogP contribution in [0.15, 0.2) is 54.6 Å². The minimum atomic E-state index is 0.768. The average Bonchev–Trinajstić information content (AvgIpc) is 2.67. The molecule has 0 bridgehead atoms. The molecular formula is C21H22N4O. The SMILES string of the molecule is COc1cccc(Nc2cc(C)nc(N3CCc4ccccc4C3)n2)c1. The van der Waals surface area contributed by atoms with E-state index in [9.17, 15) is 0 Å². The van der Waals surface area contributed by atoms with Gasteiger partial charge in [0.05, 0.1) is 7.11 Å². The zero-order valence-electron chi connectivity index (χ0n) is 15.1. The first-order valence-corrected chi connectivity index (χ1v) is 8.80. The molecule has 0 atom stereocenters. The second-order valence-corrected chi connectivity index (χ2v) is 6.49. The maximum atomic E-state index is 5.29. The molecule has 0 saturated carbocycles. The molecule has 5 heteroatoms. The number of rotatable bonds is 4. The highest BCUT2D eigenvalue weighted by atomic mass is 16.5. The fraction of sp³-hybridized carbons (Fsp3) is 0.238. The second-order valence-electron chi connectivity index (χ2n) is 6.49. The summed E-state index contributed by atoms with van der Waals surface area (Å²) in [5.41, 5.74) is 4.66. The number of aryl methyl sites for hydroxylation is 1. The number of nitrogens with one attached hydrogen (secondary N) is 1. The van der Waals surface area contributed by atoms with E-state index in [0.717, 1.165) is 48.4 Å². The molecule has 1 N–H and O–H groups in total. The molecule has 0 aliphatic carbocycles. The van der Waals surface area contributed by atoms with Crippen molar-refractivity contribution in [2.24, 2.45) is 0 Å². The maximum absolute atomic E-state index is 5.29. The lowest BCUT2D eigenvalue weighted by Gasteiger charge is -2.29. The van der Waals surface area contributed by atoms with E-state index in [4.69, 9.17) is 9.72 Å². The van der Waals surface area contributed by atoms with Crippen molar-refractivity contribution in [3.8, 4) is 5.75 Å². The van der Waals surface area contributed by atoms with E-state index in [1.54, 1.807) is 7.11 Å². The van der Waals surface area contributed by atoms with Crippen LogP contribution in [-0.4, -0.2) is 23.6 Å². The van der Waals surface area contributed by atoms with Gasteiger partial charge in [-0.1, -0.05) is 30.3 Å². The number of fused-ring (bicyclic) bond motifs is 1. The number of anilines is 3. The van der Waals surface area contributed by atoms with Gasteiger partial charge in [-0.05, 0) is 36.6 Å². The molecule has 3 aromatic rings. The molecule has 132 valence electrons. The van der Waals surface area contributed by atoms with Crippen molar-refractivity contribution >= 4 is 17.5 Å². The van der Waals surface area contributed by atoms with Gasteiger partial charge >= 0.3 is 0 Å². The highest BCUT2D eigenvalue weighted by Crippen LogP contribution is 2.25. The quantitative estimate of drug-likeness (QED) is 0.771. The first-order valence-electron chi connectivity index (χ1n) is 8.80. The topological polar surface area (TPSA) is 50.3 Å². The number of benzene rings is 2. The molecule has 1 aromatic heterocycles. The lowest BCUT2D eigenvalue weighted by Crippen LogP contribution is -2.32. The second kappa shape index (κ2) is 7.04. The summed E-state index contributed by atoms with van der Waals surface area (Å²) in [4.78, 5) is 11.6. The minimum Gasteiger partial charge on any atom is -0.497 e. The van der Waals surface area contributed by atoms with Crippen LogP contribution in [0.3, 0.4) is 0 Å². The largest absolute Gasteiger partial charge is 0.497 e. The van der Waals surface area contributed by atoms with Crippen LogP contribution >= 0.6 is 0 Å². The van der Waals surface area contributed by atoms with Crippen molar-refractivity contribution in [1.82, 2.24) is 9.97 Å². The Morgan fingerprint density at radius 2 is 1.85 bits per heavy atom. The van der Waals surface area contributed by atoms with E-state index < -0.39 is 0 Å². The highest BCUT2D eigenvalue weighted by molar-refractivity contribution is 5.59. The van der Waals surface area contributed by atoms with Crippen molar-refractivity contribution in [3.05, 3.63) is 71.4 Å². The summed E-state index contributed by atoms with van der Waals surface area (Å²) >= 11 is 0. The van der Waals surface area contributed by atoms with Crippen molar-refractivity contribution in [1.29, 1.82) is 0 Å². The molecule has 1 aliphatic heterocycles. The van der Waals surface area contributed by atoms with Gasteiger partial charge < -0.3 is 15.0 Å². The summed E-state index contributed by atoms with van der Waals surface area (Å²) in [7, 11) is 1.67. The van der Waals surface area contributed by atoms with Gasteiger partial charge in [-0.25, -0.2) is 4.98 Å². The smallest absolute Gasteiger partial charge is 0.227 e. The normalized spacial score (nSPS) is 13.2. The molecule has 0 unspecified atom stereocenters. The minimum absolute atomic E-state index is 0.768. The molecule has 5 nitrogen and oxygen atoms in total. The number of aromatic nitrogens is 2. The van der Waals surface area contributed by atoms with Crippen LogP contribution in [-0.2, 0) is 13.0 Å². The Morgan fingerprint density at radius 3 is 2.69 bits per heavy atom. The fourth-order valence-electron chi connectivity index (χ4n) is 3.27. The lowest BCUT2D eigenvalue weighted by atomic mass is 10.0. The standard InChI is InChI=1S/C21H22N4O/c1-15-12-20(23-18-8-5-9-19(13-18)26-2)24-21(22-15)25-11-10-16-6-3-4-7-17(16)14-25/h3-9,12-13H,10-11,14H2,1-2H3,(H,22,23,24). The van der Waals surface area contributed by atoms with E-state index in [1.807, 2.05) is 37.3 Å². The first kappa shape index (κ1) is 16.4. The molecule has 26 heavy (non-hydrogen) atoms. The molecule has 1 aliphatic rings. The summed E-state index contributed by atoms with van der Waals surface area (Å²) < 4.78 is 5.29. The molecule has 2 aromatic carbocycles. The average molecular weight is 346 g/mol. The Labute approximate surface area is 153 Å². The summed E-state index contributed by atoms with van der Waals surface area (Å²) in [6.45, 7) is 3.77. The number of hydrogen-bond donors (Lipinski definition) is 1. The molecule has 2 heterocycles. The number of methoxy groups -OCH3 is 1. The third-order valence-corrected chi connectivity index (χ3v) is 4.60. The molecule has 4 rings (SSSR count). The Hall–Kier alpha value is -3.08. The van der Waals surface area contributed by atoms with Crippen molar-refractivity contribution < 1.29 is 4.74 Å². The van der Waals surface area contributed by atoms with Gasteiger partial charge in [0.2, 0.25) is 5.95 Å². The molecule has 0 fully saturated rings. The number of nitrogens with zero attached hydrogens (tertiary/aromatic N) is 3. The van der Waals surface area contributed by atoms with E-state index in [2.05, 4.69) is 39.5 Å². The van der Waals surface area contributed by atoms with E-state index >= 15 is 0 Å². The molecule has 0 amide bonds. The molecule has 0 spiro atoms. The fourth-order valence-corrected chi connectivity index (χ4v) is 3.27. The van der Waals surface area contributed by atoms with Crippen LogP contribution in [0.2, 0.25) is 0 Å². The molecule has 0 radical (unpaired) electrons. The van der Waals surface area contributed by atoms with Gasteiger partial charge in [-0.3, -0.25) is 0 Å². The summed E-state index contributed by atoms with van der Waals surface area (Å²) in [5.74, 6) is 2.37. The van der Waals surface area contributed by atoms with Gasteiger partial charge in [-0.15, -0.1) is 0 Å². The molecular weight excluding hydrogens is 324 g/mol. The van der Waals surface area contributed by atoms with Crippen molar-refractivity contribution in [2.75, 3.05) is 23.9 Å². The zero-order valence-corrected chi connectivity index (χ0v) is 15.1. The van der Waals surface area contributed by atoms with Crippen LogP contribution in [0.25, 0.3) is 0 Å². The van der Waals surface area contributed by atoms with Crippen LogP contribution in [0, 0.1) is 6.92 Å². The predicted molar refractivity (Wildman–Crippen MR) is 104 cm³/mol. The monoisotopic (exact) mass is 346 g/mol. The van der Waals surface area contributed by atoms with Crippen LogP contribution < -0.4 is 15.0 Å². The van der Waals surface area contributed by atoms with Crippen molar-refractivity contribution in [3.63, 3.8) is 0 Å². The van der Waals surface area contributed by atoms with Crippen LogP contribution in [0.1, 0.15) is 16.8 Å². The summed E-state index contributed by atoms with van der Waals surface area (Å²) in [6, 6.07) is 18.4. The van der Waals surface area contributed by atoms with E-state index in [-0.39, 0.29) is 0 Å².